The van der Waals surface area contributed by atoms with Gasteiger partial charge in [-0.25, -0.2) is 0 Å². The number of hydrogen-bond donors (Lipinski definition) is 2. The third-order valence-corrected chi connectivity index (χ3v) is 3.14. The highest BCUT2D eigenvalue weighted by Gasteiger charge is 2.13. The SMILES string of the molecule is Clc1ccc(NCCC2CCNC2)cc1. The second-order valence-corrected chi connectivity index (χ2v) is 4.52. The van der Waals surface area contributed by atoms with E-state index < -0.39 is 0 Å². The minimum Gasteiger partial charge on any atom is -0.385 e. The van der Waals surface area contributed by atoms with Crippen molar-refractivity contribution in [1.29, 1.82) is 0 Å². The molecule has 1 unspecified atom stereocenters. The number of rotatable bonds is 4. The number of hydrogen-bond acceptors (Lipinski definition) is 2. The van der Waals surface area contributed by atoms with E-state index >= 15 is 0 Å². The molecule has 0 bridgehead atoms. The molecule has 2 rings (SSSR count). The van der Waals surface area contributed by atoms with Gasteiger partial charge in [-0.3, -0.25) is 0 Å². The van der Waals surface area contributed by atoms with Crippen molar-refractivity contribution in [3.63, 3.8) is 0 Å². The summed E-state index contributed by atoms with van der Waals surface area (Å²) in [6.45, 7) is 3.42. The average Bonchev–Trinajstić information content (AvgIpc) is 2.74. The molecular weight excluding hydrogens is 208 g/mol. The Morgan fingerprint density at radius 2 is 2.13 bits per heavy atom. The summed E-state index contributed by atoms with van der Waals surface area (Å²) in [5, 5.41) is 7.59. The molecule has 1 aromatic carbocycles. The van der Waals surface area contributed by atoms with Gasteiger partial charge >= 0.3 is 0 Å². The second kappa shape index (κ2) is 5.38. The molecule has 15 heavy (non-hydrogen) atoms. The third-order valence-electron chi connectivity index (χ3n) is 2.89. The zero-order valence-electron chi connectivity index (χ0n) is 8.80. The van der Waals surface area contributed by atoms with Gasteiger partial charge < -0.3 is 10.6 Å². The van der Waals surface area contributed by atoms with Crippen LogP contribution in [0.4, 0.5) is 5.69 Å². The van der Waals surface area contributed by atoms with E-state index in [0.717, 1.165) is 23.2 Å². The highest BCUT2D eigenvalue weighted by molar-refractivity contribution is 6.30. The molecule has 0 aliphatic carbocycles. The van der Waals surface area contributed by atoms with E-state index in [9.17, 15) is 0 Å². The van der Waals surface area contributed by atoms with Crippen LogP contribution >= 0.6 is 11.6 Å². The van der Waals surface area contributed by atoms with Gasteiger partial charge in [0.1, 0.15) is 0 Å². The van der Waals surface area contributed by atoms with Gasteiger partial charge in [-0.1, -0.05) is 11.6 Å². The number of halogens is 1. The van der Waals surface area contributed by atoms with Crippen molar-refractivity contribution in [1.82, 2.24) is 5.32 Å². The maximum atomic E-state index is 5.81. The Morgan fingerprint density at radius 3 is 2.80 bits per heavy atom. The zero-order chi connectivity index (χ0) is 10.5. The lowest BCUT2D eigenvalue weighted by Crippen LogP contribution is -2.12. The number of anilines is 1. The molecule has 2 N–H and O–H groups in total. The van der Waals surface area contributed by atoms with Gasteiger partial charge in [0, 0.05) is 17.3 Å². The second-order valence-electron chi connectivity index (χ2n) is 4.08. The van der Waals surface area contributed by atoms with E-state index in [0.29, 0.717) is 0 Å². The predicted octanol–water partition coefficient (Wildman–Crippen LogP) is 2.75. The molecule has 1 aromatic rings. The molecule has 1 fully saturated rings. The van der Waals surface area contributed by atoms with Crippen LogP contribution in [-0.4, -0.2) is 19.6 Å². The summed E-state index contributed by atoms with van der Waals surface area (Å²) in [6.07, 6.45) is 2.57. The summed E-state index contributed by atoms with van der Waals surface area (Å²) >= 11 is 5.81. The van der Waals surface area contributed by atoms with E-state index in [-0.39, 0.29) is 0 Å². The van der Waals surface area contributed by atoms with Crippen molar-refractivity contribution in [3.8, 4) is 0 Å². The maximum Gasteiger partial charge on any atom is 0.0407 e. The molecule has 0 radical (unpaired) electrons. The molecule has 0 amide bonds. The summed E-state index contributed by atoms with van der Waals surface area (Å²) in [6, 6.07) is 7.88. The minimum absolute atomic E-state index is 0.792. The first kappa shape index (κ1) is 10.8. The summed E-state index contributed by atoms with van der Waals surface area (Å²) in [5.41, 5.74) is 1.16. The van der Waals surface area contributed by atoms with Crippen LogP contribution in [0.1, 0.15) is 12.8 Å². The van der Waals surface area contributed by atoms with Gasteiger partial charge in [-0.05, 0) is 56.1 Å². The van der Waals surface area contributed by atoms with E-state index in [4.69, 9.17) is 11.6 Å². The van der Waals surface area contributed by atoms with Crippen molar-refractivity contribution < 1.29 is 0 Å². The lowest BCUT2D eigenvalue weighted by molar-refractivity contribution is 0.549. The van der Waals surface area contributed by atoms with Crippen LogP contribution in [0.5, 0.6) is 0 Å². The Morgan fingerprint density at radius 1 is 1.33 bits per heavy atom. The van der Waals surface area contributed by atoms with Gasteiger partial charge in [0.05, 0.1) is 0 Å². The molecule has 2 nitrogen and oxygen atoms in total. The van der Waals surface area contributed by atoms with Crippen molar-refractivity contribution in [2.24, 2.45) is 5.92 Å². The van der Waals surface area contributed by atoms with E-state index in [1.807, 2.05) is 24.3 Å². The van der Waals surface area contributed by atoms with E-state index in [2.05, 4.69) is 10.6 Å². The first-order chi connectivity index (χ1) is 7.34. The molecule has 1 saturated heterocycles. The quantitative estimate of drug-likeness (QED) is 0.822. The molecule has 0 spiro atoms. The van der Waals surface area contributed by atoms with Gasteiger partial charge in [0.2, 0.25) is 0 Å². The van der Waals surface area contributed by atoms with E-state index in [1.54, 1.807) is 0 Å². The predicted molar refractivity (Wildman–Crippen MR) is 65.5 cm³/mol. The molecule has 82 valence electrons. The summed E-state index contributed by atoms with van der Waals surface area (Å²) < 4.78 is 0. The lowest BCUT2D eigenvalue weighted by atomic mass is 10.1. The summed E-state index contributed by atoms with van der Waals surface area (Å²) in [4.78, 5) is 0. The number of nitrogens with one attached hydrogen (secondary N) is 2. The lowest BCUT2D eigenvalue weighted by Gasteiger charge is -2.10. The van der Waals surface area contributed by atoms with Crippen molar-refractivity contribution in [3.05, 3.63) is 29.3 Å². The first-order valence-electron chi connectivity index (χ1n) is 5.55. The van der Waals surface area contributed by atoms with Crippen LogP contribution in [-0.2, 0) is 0 Å². The standard InChI is InChI=1S/C12H17ClN2/c13-11-1-3-12(4-2-11)15-8-6-10-5-7-14-9-10/h1-4,10,14-15H,5-9H2. The van der Waals surface area contributed by atoms with Crippen molar-refractivity contribution in [2.45, 2.75) is 12.8 Å². The third kappa shape index (κ3) is 3.40. The summed E-state index contributed by atoms with van der Waals surface area (Å²) in [7, 11) is 0. The van der Waals surface area contributed by atoms with Crippen molar-refractivity contribution >= 4 is 17.3 Å². The average molecular weight is 225 g/mol. The highest BCUT2D eigenvalue weighted by Crippen LogP contribution is 2.15. The van der Waals surface area contributed by atoms with Gasteiger partial charge in [0.25, 0.3) is 0 Å². The monoisotopic (exact) mass is 224 g/mol. The fraction of sp³-hybridized carbons (Fsp3) is 0.500. The first-order valence-corrected chi connectivity index (χ1v) is 5.92. The fourth-order valence-electron chi connectivity index (χ4n) is 1.95. The molecule has 0 saturated carbocycles. The largest absolute Gasteiger partial charge is 0.385 e. The van der Waals surface area contributed by atoms with Gasteiger partial charge in [0.15, 0.2) is 0 Å². The number of benzene rings is 1. The smallest absolute Gasteiger partial charge is 0.0407 e. The van der Waals surface area contributed by atoms with Crippen LogP contribution in [0.15, 0.2) is 24.3 Å². The van der Waals surface area contributed by atoms with Crippen LogP contribution in [0.2, 0.25) is 5.02 Å². The molecule has 1 aliphatic heterocycles. The molecule has 1 atom stereocenters. The fourth-order valence-corrected chi connectivity index (χ4v) is 2.08. The van der Waals surface area contributed by atoms with Crippen LogP contribution < -0.4 is 10.6 Å². The van der Waals surface area contributed by atoms with Crippen LogP contribution in [0.3, 0.4) is 0 Å². The normalized spacial score (nSPS) is 20.5. The van der Waals surface area contributed by atoms with Gasteiger partial charge in [-0.2, -0.15) is 0 Å². The Labute approximate surface area is 96.0 Å². The molecule has 3 heteroatoms. The molecule has 0 aromatic heterocycles. The minimum atomic E-state index is 0.792. The van der Waals surface area contributed by atoms with Gasteiger partial charge in [-0.15, -0.1) is 0 Å². The van der Waals surface area contributed by atoms with Crippen LogP contribution in [0.25, 0.3) is 0 Å². The van der Waals surface area contributed by atoms with Crippen molar-refractivity contribution in [2.75, 3.05) is 25.0 Å². The van der Waals surface area contributed by atoms with E-state index in [1.165, 1.54) is 25.9 Å². The Balaban J connectivity index is 1.71. The molecule has 1 heterocycles. The summed E-state index contributed by atoms with van der Waals surface area (Å²) in [5.74, 6) is 0.852. The zero-order valence-corrected chi connectivity index (χ0v) is 9.56. The maximum absolute atomic E-state index is 5.81. The molecular formula is C12H17ClN2. The van der Waals surface area contributed by atoms with Crippen LogP contribution in [0, 0.1) is 5.92 Å². The highest BCUT2D eigenvalue weighted by atomic mass is 35.5. The Kier molecular flexibility index (Phi) is 3.87. The molecule has 1 aliphatic rings. The Hall–Kier alpha value is -0.730. The topological polar surface area (TPSA) is 24.1 Å². The Bertz CT molecular complexity index is 291.